The van der Waals surface area contributed by atoms with Crippen LogP contribution in [-0.4, -0.2) is 62.5 Å². The molecule has 2 atom stereocenters. The van der Waals surface area contributed by atoms with Crippen molar-refractivity contribution in [1.82, 2.24) is 19.9 Å². The van der Waals surface area contributed by atoms with Gasteiger partial charge in [-0.15, -0.1) is 0 Å². The maximum absolute atomic E-state index is 6.62. The number of benzene rings is 14. The fourth-order valence-corrected chi connectivity index (χ4v) is 34.9. The molecule has 16 heteroatoms. The Kier molecular flexibility index (Phi) is 20.8. The average Bonchev–Trinajstić information content (AvgIpc) is 1.53. The zero-order valence-electron chi connectivity index (χ0n) is 71.8. The first kappa shape index (κ1) is 80.3. The van der Waals surface area contributed by atoms with Gasteiger partial charge in [-0.25, -0.2) is 0 Å². The van der Waals surface area contributed by atoms with E-state index in [0.717, 1.165) is 111 Å². The second kappa shape index (κ2) is 32.6. The van der Waals surface area contributed by atoms with Gasteiger partial charge in [-0.05, 0) is 256 Å². The van der Waals surface area contributed by atoms with Crippen LogP contribution >= 0.6 is 35.3 Å². The summed E-state index contributed by atoms with van der Waals surface area (Å²) in [5, 5.41) is 16.5. The van der Waals surface area contributed by atoms with Crippen LogP contribution in [0, 0.1) is 0 Å². The fraction of sp³-hybridized carbons (Fsp3) is 0.127. The van der Waals surface area contributed by atoms with Gasteiger partial charge in [0.15, 0.2) is 16.1 Å². The first-order chi connectivity index (χ1) is 61.5. The van der Waals surface area contributed by atoms with Crippen LogP contribution in [0.25, 0.3) is 65.9 Å². The minimum atomic E-state index is -2.85. The Balaban J connectivity index is 0.000000154. The zero-order valence-corrected chi connectivity index (χ0v) is 77.3. The molecule has 0 saturated heterocycles. The number of aromatic nitrogens is 4. The molecule has 8 heterocycles. The van der Waals surface area contributed by atoms with Crippen molar-refractivity contribution in [2.75, 3.05) is 9.80 Å². The zero-order chi connectivity index (χ0) is 85.7. The van der Waals surface area contributed by atoms with Crippen molar-refractivity contribution in [2.45, 2.75) is 122 Å². The molecule has 0 spiro atoms. The number of hydrogen-bond donors (Lipinski definition) is 0. The van der Waals surface area contributed by atoms with E-state index in [1.54, 1.807) is 6.20 Å². The van der Waals surface area contributed by atoms with Crippen LogP contribution in [0.4, 0.5) is 34.1 Å². The second-order valence-corrected chi connectivity index (χ2v) is 50.3. The fourth-order valence-electron chi connectivity index (χ4n) is 19.2. The van der Waals surface area contributed by atoms with Crippen LogP contribution in [0.5, 0.6) is 28.7 Å². The minimum Gasteiger partial charge on any atom is -0.491 e. The molecule has 0 N–H and O–H groups in total. The van der Waals surface area contributed by atoms with Gasteiger partial charge in [-0.1, -0.05) is 249 Å². The third-order valence-electron chi connectivity index (χ3n) is 25.3. The smallest absolute Gasteiger partial charge is 0.180 e. The molecule has 0 aliphatic carbocycles. The van der Waals surface area contributed by atoms with Crippen LogP contribution in [-0.2, 0) is 0 Å². The number of para-hydroxylation sites is 1. The number of nitrogens with zero attached hydrogens (tertiary/aromatic N) is 6. The largest absolute Gasteiger partial charge is 0.491 e. The monoisotopic (exact) mass is 1740 g/mol. The Morgan fingerprint density at radius 2 is 0.738 bits per heavy atom. The lowest BCUT2D eigenvalue weighted by Crippen LogP contribution is -2.72. The van der Waals surface area contributed by atoms with E-state index in [4.69, 9.17) is 38.9 Å². The number of fused-ring (bicyclic) bond motifs is 18. The van der Waals surface area contributed by atoms with E-state index in [1.165, 1.54) is 93.4 Å². The highest BCUT2D eigenvalue weighted by Gasteiger charge is 2.52. The Morgan fingerprint density at radius 1 is 0.325 bits per heavy atom. The van der Waals surface area contributed by atoms with Crippen molar-refractivity contribution in [3.8, 4) is 51.0 Å². The lowest BCUT2D eigenvalue weighted by atomic mass is 10.1. The van der Waals surface area contributed by atoms with Gasteiger partial charge in [0.25, 0.3) is 0 Å². The normalized spacial score (nSPS) is 15.1. The molecule has 22 rings (SSSR count). The third kappa shape index (κ3) is 13.8. The highest BCUT2D eigenvalue weighted by Crippen LogP contribution is 2.55. The highest BCUT2D eigenvalue weighted by molar-refractivity contribution is 8.05. The quantitative estimate of drug-likeness (QED) is 0.0603. The molecule has 616 valence electrons. The van der Waals surface area contributed by atoms with Crippen LogP contribution < -0.4 is 75.4 Å². The van der Waals surface area contributed by atoms with Crippen molar-refractivity contribution < 1.29 is 18.9 Å². The molecule has 4 aromatic heterocycles. The molecule has 18 aromatic rings. The maximum Gasteiger partial charge on any atom is 0.180 e. The van der Waals surface area contributed by atoms with E-state index in [-0.39, 0.29) is 18.3 Å². The van der Waals surface area contributed by atoms with Gasteiger partial charge in [0.2, 0.25) is 0 Å². The number of hydrogen-bond acceptors (Lipinski definition) is 13. The summed E-state index contributed by atoms with van der Waals surface area (Å²) in [7, 11) is -7.33. The van der Waals surface area contributed by atoms with Gasteiger partial charge in [0, 0.05) is 76.3 Å². The third-order valence-corrected chi connectivity index (χ3v) is 43.5. The average molecular weight is 1740 g/mol. The van der Waals surface area contributed by atoms with Gasteiger partial charge in [0.05, 0.1) is 82.0 Å². The van der Waals surface area contributed by atoms with Crippen LogP contribution in [0.3, 0.4) is 0 Å². The maximum atomic E-state index is 6.62. The Bertz CT molecular complexity index is 7270. The first-order valence-electron chi connectivity index (χ1n) is 43.4. The van der Waals surface area contributed by atoms with Crippen LogP contribution in [0.15, 0.2) is 382 Å². The van der Waals surface area contributed by atoms with E-state index in [1.807, 2.05) is 99.8 Å². The van der Waals surface area contributed by atoms with Gasteiger partial charge in [0.1, 0.15) is 28.7 Å². The highest BCUT2D eigenvalue weighted by atomic mass is 32.2. The molecule has 0 radical (unpaired) electrons. The molecular weight excluding hydrogens is 1650 g/mol. The minimum absolute atomic E-state index is 0.0233. The Labute approximate surface area is 751 Å². The molecule has 0 saturated carbocycles. The van der Waals surface area contributed by atoms with E-state index < -0.39 is 24.2 Å². The SMILES string of the molecule is CC(C)Oc1ccc(N(c2ccc([Si]3(c4ccccc4)c4ccccc4-c4c3ccc3c4Sc4ccccc4S3)cc2)c2cc3cc(OC(C)C)cnc3c3ncccc23)cc1.CC(C)Oc1cnc2c(c1)cc(N(c1ccc([Si]3(c4ccccc4)c4ccccc4-c4c3ccc3c4Sc4ccccc4O3)cc1)c1ccc([Si](C)(C)C(C)C)cc1)c1cccnc12. The molecule has 126 heavy (non-hydrogen) atoms. The number of pyridine rings is 4. The van der Waals surface area contributed by atoms with Crippen molar-refractivity contribution in [2.24, 2.45) is 0 Å². The molecule has 2 unspecified atom stereocenters. The van der Waals surface area contributed by atoms with Gasteiger partial charge in [-0.3, -0.25) is 19.9 Å². The molecule has 0 fully saturated rings. The van der Waals surface area contributed by atoms with Gasteiger partial charge >= 0.3 is 0 Å². The molecule has 0 bridgehead atoms. The topological polar surface area (TPSA) is 95.0 Å². The predicted octanol–water partition coefficient (Wildman–Crippen LogP) is 23.8. The molecule has 14 aromatic carbocycles. The molecule has 0 amide bonds. The molecule has 4 aliphatic rings. The Hall–Kier alpha value is -12.8. The summed E-state index contributed by atoms with van der Waals surface area (Å²) in [6, 6.07) is 121. The summed E-state index contributed by atoms with van der Waals surface area (Å²) < 4.78 is 25.1. The number of anilines is 6. The van der Waals surface area contributed by atoms with E-state index >= 15 is 0 Å². The summed E-state index contributed by atoms with van der Waals surface area (Å²) >= 11 is 5.64. The second-order valence-electron chi connectivity index (χ2n) is 34.5. The molecular formula is C110H92N6O4S3Si3. The molecule has 4 aliphatic heterocycles. The molecule has 10 nitrogen and oxygen atoms in total. The summed E-state index contributed by atoms with van der Waals surface area (Å²) in [5.74, 6) is 4.14. The van der Waals surface area contributed by atoms with E-state index in [9.17, 15) is 0 Å². The van der Waals surface area contributed by atoms with E-state index in [2.05, 4.69) is 360 Å². The number of ether oxygens (including phenoxy) is 4. The lowest BCUT2D eigenvalue weighted by molar-refractivity contribution is 0.241. The summed E-state index contributed by atoms with van der Waals surface area (Å²) in [6.45, 7) is 21.9. The summed E-state index contributed by atoms with van der Waals surface area (Å²) in [6.07, 6.45) is 7.46. The van der Waals surface area contributed by atoms with Gasteiger partial charge < -0.3 is 28.7 Å². The Morgan fingerprint density at radius 3 is 1.24 bits per heavy atom. The van der Waals surface area contributed by atoms with Crippen molar-refractivity contribution in [3.05, 3.63) is 352 Å². The van der Waals surface area contributed by atoms with Crippen LogP contribution in [0.2, 0.25) is 18.6 Å². The lowest BCUT2D eigenvalue weighted by Gasteiger charge is -2.33. The first-order valence-corrected chi connectivity index (χ1v) is 52.9. The summed E-state index contributed by atoms with van der Waals surface area (Å²) in [4.78, 5) is 32.1. The van der Waals surface area contributed by atoms with Crippen molar-refractivity contribution in [1.29, 1.82) is 0 Å². The van der Waals surface area contributed by atoms with Crippen molar-refractivity contribution >= 4 is 184 Å². The summed E-state index contributed by atoms with van der Waals surface area (Å²) in [5.41, 5.74) is 15.6. The van der Waals surface area contributed by atoms with E-state index in [0.29, 0.717) is 5.54 Å². The standard InChI is InChI=1S/C56H49N3O2SSi2.C54H43N3O2S2Si/c1-36(2)60-41-33-38-34-47(45-18-14-32-57-55(45)54(38)58-35-41)59(39-22-26-42(27-23-39)63(5,6)37(3)4)40-24-28-44(29-25-40)64(43-15-8-7-9-16-43)51-21-13-10-17-46(51)53-52(64)31-30-49-56(53)62-50-20-12-11-19-48(50)61-49;1-34(2)58-39-24-20-37(21-25-39)57(45-32-36-31-40(59-35(3)4)33-56-52(36)53-43(45)16-12-30-55-53)38-22-26-42(27-23-38)62(41-13-6-5-7-14-41)49-19-11-8-15-44(49)51-50(62)29-28-48-54(51)61-47-18-10-9-17-46(47)60-48/h7-37H,1-6H3;5-35H,1-4H3. The van der Waals surface area contributed by atoms with Gasteiger partial charge in [-0.2, -0.15) is 0 Å². The predicted molar refractivity (Wildman–Crippen MR) is 534 cm³/mol. The van der Waals surface area contributed by atoms with Crippen molar-refractivity contribution in [3.63, 3.8) is 0 Å². The van der Waals surface area contributed by atoms with Crippen LogP contribution in [0.1, 0.15) is 55.4 Å². The number of rotatable bonds is 18.